The van der Waals surface area contributed by atoms with Crippen molar-refractivity contribution >= 4 is 22.4 Å². The first-order chi connectivity index (χ1) is 16.2. The molecule has 0 aromatic heterocycles. The van der Waals surface area contributed by atoms with Gasteiger partial charge >= 0.3 is 12.1 Å². The molecule has 5 nitrogen and oxygen atoms in total. The van der Waals surface area contributed by atoms with E-state index >= 15 is 0 Å². The SMILES string of the molecule is CC(NCCC1COCCN1c1cc(C(=O)O)cc(C(F)(F)F)c1)c1cccc2ccccc12. The molecule has 1 aliphatic heterocycles. The summed E-state index contributed by atoms with van der Waals surface area (Å²) in [5.74, 6) is -1.39. The molecule has 34 heavy (non-hydrogen) atoms. The number of alkyl halides is 3. The van der Waals surface area contributed by atoms with Gasteiger partial charge in [0.1, 0.15) is 0 Å². The van der Waals surface area contributed by atoms with Gasteiger partial charge in [0.15, 0.2) is 0 Å². The minimum atomic E-state index is -4.63. The molecule has 2 N–H and O–H groups in total. The van der Waals surface area contributed by atoms with Crippen molar-refractivity contribution in [3.8, 4) is 0 Å². The van der Waals surface area contributed by atoms with Crippen molar-refractivity contribution in [2.75, 3.05) is 31.2 Å². The topological polar surface area (TPSA) is 61.8 Å². The number of nitrogens with one attached hydrogen (secondary N) is 1. The van der Waals surface area contributed by atoms with E-state index in [2.05, 4.69) is 36.5 Å². The zero-order valence-electron chi connectivity index (χ0n) is 18.8. The second-order valence-electron chi connectivity index (χ2n) is 8.53. The molecule has 0 spiro atoms. The Balaban J connectivity index is 1.49. The van der Waals surface area contributed by atoms with Crippen LogP contribution in [0.25, 0.3) is 10.8 Å². The molecular formula is C26H27F3N2O3. The monoisotopic (exact) mass is 472 g/mol. The molecule has 3 aromatic rings. The van der Waals surface area contributed by atoms with Crippen LogP contribution in [0.3, 0.4) is 0 Å². The minimum absolute atomic E-state index is 0.0798. The Morgan fingerprint density at radius 2 is 1.94 bits per heavy atom. The number of carboxylic acid groups (broad SMARTS) is 1. The molecule has 0 saturated carbocycles. The number of rotatable bonds is 7. The van der Waals surface area contributed by atoms with Gasteiger partial charge in [0.2, 0.25) is 0 Å². The minimum Gasteiger partial charge on any atom is -0.478 e. The van der Waals surface area contributed by atoms with Gasteiger partial charge in [-0.25, -0.2) is 4.79 Å². The van der Waals surface area contributed by atoms with Gasteiger partial charge in [-0.1, -0.05) is 42.5 Å². The fourth-order valence-electron chi connectivity index (χ4n) is 4.50. The van der Waals surface area contributed by atoms with E-state index in [-0.39, 0.29) is 23.3 Å². The number of hydrogen-bond acceptors (Lipinski definition) is 4. The maximum Gasteiger partial charge on any atom is 0.416 e. The molecule has 0 bridgehead atoms. The van der Waals surface area contributed by atoms with Crippen molar-refractivity contribution in [3.05, 3.63) is 77.4 Å². The van der Waals surface area contributed by atoms with Crippen molar-refractivity contribution in [2.45, 2.75) is 31.6 Å². The highest BCUT2D eigenvalue weighted by molar-refractivity contribution is 5.89. The first kappa shape index (κ1) is 24.0. The van der Waals surface area contributed by atoms with Gasteiger partial charge in [-0.15, -0.1) is 0 Å². The van der Waals surface area contributed by atoms with E-state index in [1.165, 1.54) is 22.4 Å². The molecule has 180 valence electrons. The van der Waals surface area contributed by atoms with Gasteiger partial charge in [0.25, 0.3) is 0 Å². The van der Waals surface area contributed by atoms with E-state index in [0.29, 0.717) is 38.8 Å². The van der Waals surface area contributed by atoms with E-state index in [9.17, 15) is 23.1 Å². The van der Waals surface area contributed by atoms with Crippen LogP contribution in [0, 0.1) is 0 Å². The van der Waals surface area contributed by atoms with Crippen molar-refractivity contribution in [1.29, 1.82) is 0 Å². The van der Waals surface area contributed by atoms with Crippen LogP contribution < -0.4 is 10.2 Å². The standard InChI is InChI=1S/C26H27F3N2O3/c1-17(23-8-4-6-18-5-2-3-7-24(18)23)30-10-9-21-16-34-12-11-31(21)22-14-19(25(32)33)13-20(15-22)26(27,28)29/h2-8,13-15,17,21,30H,9-12,16H2,1H3,(H,32,33). The number of halogens is 3. The van der Waals surface area contributed by atoms with Gasteiger partial charge in [-0.05, 0) is 54.4 Å². The molecule has 0 amide bonds. The highest BCUT2D eigenvalue weighted by Gasteiger charge is 2.33. The normalized spacial score (nSPS) is 17.6. The zero-order valence-corrected chi connectivity index (χ0v) is 18.8. The first-order valence-corrected chi connectivity index (χ1v) is 11.2. The van der Waals surface area contributed by atoms with E-state index < -0.39 is 17.7 Å². The lowest BCUT2D eigenvalue weighted by Gasteiger charge is -2.38. The number of ether oxygens (including phenoxy) is 1. The van der Waals surface area contributed by atoms with Crippen LogP contribution in [0.1, 0.15) is 40.9 Å². The van der Waals surface area contributed by atoms with Crippen LogP contribution in [0.5, 0.6) is 0 Å². The van der Waals surface area contributed by atoms with Gasteiger partial charge in [0.05, 0.1) is 30.4 Å². The van der Waals surface area contributed by atoms with E-state index in [0.717, 1.165) is 6.07 Å². The van der Waals surface area contributed by atoms with Crippen LogP contribution in [-0.2, 0) is 10.9 Å². The van der Waals surface area contributed by atoms with Crippen LogP contribution >= 0.6 is 0 Å². The molecule has 3 aromatic carbocycles. The quantitative estimate of drug-likeness (QED) is 0.475. The maximum atomic E-state index is 13.4. The van der Waals surface area contributed by atoms with Crippen LogP contribution in [0.4, 0.5) is 18.9 Å². The Morgan fingerprint density at radius 3 is 2.71 bits per heavy atom. The summed E-state index contributed by atoms with van der Waals surface area (Å²) >= 11 is 0. The Bertz CT molecular complexity index is 1160. The van der Waals surface area contributed by atoms with Crippen molar-refractivity contribution < 1.29 is 27.8 Å². The largest absolute Gasteiger partial charge is 0.478 e. The number of hydrogen-bond donors (Lipinski definition) is 2. The number of nitrogens with zero attached hydrogens (tertiary/aromatic N) is 1. The average Bonchev–Trinajstić information content (AvgIpc) is 2.83. The summed E-state index contributed by atoms with van der Waals surface area (Å²) in [7, 11) is 0. The second-order valence-corrected chi connectivity index (χ2v) is 8.53. The molecule has 2 unspecified atom stereocenters. The zero-order chi connectivity index (χ0) is 24.3. The van der Waals surface area contributed by atoms with Crippen LogP contribution in [0.2, 0.25) is 0 Å². The van der Waals surface area contributed by atoms with Crippen molar-refractivity contribution in [1.82, 2.24) is 5.32 Å². The summed E-state index contributed by atoms with van der Waals surface area (Å²) in [6.07, 6.45) is -3.99. The Morgan fingerprint density at radius 1 is 1.18 bits per heavy atom. The molecule has 4 rings (SSSR count). The molecule has 2 atom stereocenters. The third-order valence-electron chi connectivity index (χ3n) is 6.27. The lowest BCUT2D eigenvalue weighted by molar-refractivity contribution is -0.137. The predicted octanol–water partition coefficient (Wildman–Crippen LogP) is 5.50. The van der Waals surface area contributed by atoms with Crippen molar-refractivity contribution in [2.24, 2.45) is 0 Å². The molecule has 0 aliphatic carbocycles. The van der Waals surface area contributed by atoms with E-state index in [4.69, 9.17) is 4.74 Å². The number of carboxylic acids is 1. The predicted molar refractivity (Wildman–Crippen MR) is 125 cm³/mol. The summed E-state index contributed by atoms with van der Waals surface area (Å²) in [5, 5.41) is 15.2. The molecule has 1 fully saturated rings. The summed E-state index contributed by atoms with van der Waals surface area (Å²) in [6, 6.07) is 17.3. The molecule has 1 heterocycles. The lowest BCUT2D eigenvalue weighted by atomic mass is 9.99. The van der Waals surface area contributed by atoms with Crippen LogP contribution in [0.15, 0.2) is 60.7 Å². The fourth-order valence-corrected chi connectivity index (χ4v) is 4.50. The van der Waals surface area contributed by atoms with Crippen LogP contribution in [-0.4, -0.2) is 43.4 Å². The molecule has 1 saturated heterocycles. The molecule has 8 heteroatoms. The highest BCUT2D eigenvalue weighted by atomic mass is 19.4. The Labute approximate surface area is 196 Å². The van der Waals surface area contributed by atoms with Gasteiger partial charge < -0.3 is 20.1 Å². The number of fused-ring (bicyclic) bond motifs is 1. The molecule has 1 aliphatic rings. The number of aromatic carboxylic acids is 1. The molecular weight excluding hydrogens is 445 g/mol. The number of carbonyl (C=O) groups is 1. The summed E-state index contributed by atoms with van der Waals surface area (Å²) in [4.78, 5) is 13.3. The fraction of sp³-hybridized carbons (Fsp3) is 0.346. The van der Waals surface area contributed by atoms with E-state index in [1.807, 2.05) is 23.1 Å². The smallest absolute Gasteiger partial charge is 0.416 e. The lowest BCUT2D eigenvalue weighted by Crippen LogP contribution is -2.47. The average molecular weight is 473 g/mol. The highest BCUT2D eigenvalue weighted by Crippen LogP contribution is 2.34. The number of benzene rings is 3. The Kier molecular flexibility index (Phi) is 7.09. The number of morpholine rings is 1. The maximum absolute atomic E-state index is 13.4. The molecule has 0 radical (unpaired) electrons. The third kappa shape index (κ3) is 5.34. The number of anilines is 1. The van der Waals surface area contributed by atoms with Gasteiger partial charge in [-0.2, -0.15) is 13.2 Å². The summed E-state index contributed by atoms with van der Waals surface area (Å²) in [6.45, 7) is 3.84. The Hall–Kier alpha value is -3.10. The van der Waals surface area contributed by atoms with Gasteiger partial charge in [-0.3, -0.25) is 0 Å². The third-order valence-corrected chi connectivity index (χ3v) is 6.27. The first-order valence-electron chi connectivity index (χ1n) is 11.2. The summed E-state index contributed by atoms with van der Waals surface area (Å²) in [5.41, 5.74) is 0.0922. The van der Waals surface area contributed by atoms with Gasteiger partial charge in [0, 0.05) is 18.3 Å². The van der Waals surface area contributed by atoms with E-state index in [1.54, 1.807) is 0 Å². The second kappa shape index (κ2) is 10.0. The summed E-state index contributed by atoms with van der Waals surface area (Å²) < 4.78 is 45.8. The van der Waals surface area contributed by atoms with Crippen molar-refractivity contribution in [3.63, 3.8) is 0 Å².